The molecule has 36 heavy (non-hydrogen) atoms. The normalized spacial score (nSPS) is 20.2. The van der Waals surface area contributed by atoms with E-state index in [-0.39, 0.29) is 23.4 Å². The molecule has 3 atom stereocenters. The van der Waals surface area contributed by atoms with Gasteiger partial charge in [0.25, 0.3) is 0 Å². The van der Waals surface area contributed by atoms with Crippen LogP contribution in [0.5, 0.6) is 5.75 Å². The van der Waals surface area contributed by atoms with Crippen LogP contribution in [0.25, 0.3) is 11.1 Å². The van der Waals surface area contributed by atoms with Crippen molar-refractivity contribution in [3.05, 3.63) is 83.2 Å². The summed E-state index contributed by atoms with van der Waals surface area (Å²) in [5.74, 6) is -1.18. The average molecular weight is 509 g/mol. The predicted molar refractivity (Wildman–Crippen MR) is 136 cm³/mol. The number of aliphatic carboxylic acids is 1. The van der Waals surface area contributed by atoms with Crippen molar-refractivity contribution < 1.29 is 27.4 Å². The number of hydrogen-bond acceptors (Lipinski definition) is 4. The molecule has 7 heteroatoms. The summed E-state index contributed by atoms with van der Waals surface area (Å²) in [5.41, 5.74) is 3.64. The highest BCUT2D eigenvalue weighted by Gasteiger charge is 2.40. The summed E-state index contributed by atoms with van der Waals surface area (Å²) in [7, 11) is -1.96. The van der Waals surface area contributed by atoms with Crippen molar-refractivity contribution in [1.82, 2.24) is 0 Å². The monoisotopic (exact) mass is 508 g/mol. The Morgan fingerprint density at radius 2 is 1.78 bits per heavy atom. The highest BCUT2D eigenvalue weighted by molar-refractivity contribution is 7.91. The minimum atomic E-state index is -3.49. The van der Waals surface area contributed by atoms with Crippen LogP contribution in [0.2, 0.25) is 0 Å². The standard InChI is InChI=1S/C29H29FO5S/c1-17(29(31)32)28(20-7-8-20)21-9-12-27-22(13-21)14-23(16-36(27,33)34)18-3-5-19(6-4-18)25-15-24(35-2)10-11-26(25)30/h3-6,9-13,15,17,20,23,28H,7-8,14,16H2,1-2H3,(H,31,32)/t17-,23?,28?/m0/s1. The molecule has 3 aromatic carbocycles. The molecule has 1 fully saturated rings. The zero-order chi connectivity index (χ0) is 25.6. The molecule has 1 aliphatic carbocycles. The lowest BCUT2D eigenvalue weighted by Gasteiger charge is -2.28. The first-order valence-electron chi connectivity index (χ1n) is 12.2. The lowest BCUT2D eigenvalue weighted by molar-refractivity contribution is -0.142. The second-order valence-electron chi connectivity index (χ2n) is 10.0. The lowest BCUT2D eigenvalue weighted by Crippen LogP contribution is -2.25. The molecule has 1 saturated carbocycles. The fraction of sp³-hybridized carbons (Fsp3) is 0.345. The maximum absolute atomic E-state index is 14.4. The van der Waals surface area contributed by atoms with Gasteiger partial charge in [0.05, 0.1) is 23.7 Å². The Balaban J connectivity index is 1.45. The van der Waals surface area contributed by atoms with Crippen LogP contribution >= 0.6 is 0 Å². The lowest BCUT2D eigenvalue weighted by atomic mass is 9.82. The van der Waals surface area contributed by atoms with Crippen LogP contribution in [0.15, 0.2) is 65.6 Å². The molecule has 1 N–H and O–H groups in total. The van der Waals surface area contributed by atoms with Gasteiger partial charge in [-0.2, -0.15) is 0 Å². The smallest absolute Gasteiger partial charge is 0.306 e. The first-order valence-corrected chi connectivity index (χ1v) is 13.9. The van der Waals surface area contributed by atoms with Crippen LogP contribution in [0.4, 0.5) is 4.39 Å². The Bertz CT molecular complexity index is 1410. The van der Waals surface area contributed by atoms with E-state index in [1.165, 1.54) is 13.2 Å². The Morgan fingerprint density at radius 1 is 1.06 bits per heavy atom. The van der Waals surface area contributed by atoms with Gasteiger partial charge in [-0.25, -0.2) is 12.8 Å². The van der Waals surface area contributed by atoms with Gasteiger partial charge < -0.3 is 9.84 Å². The molecule has 2 aliphatic rings. The van der Waals surface area contributed by atoms with E-state index in [2.05, 4.69) is 0 Å². The number of ether oxygens (including phenoxy) is 1. The molecule has 0 spiro atoms. The number of rotatable bonds is 7. The van der Waals surface area contributed by atoms with Crippen LogP contribution in [-0.2, 0) is 21.1 Å². The van der Waals surface area contributed by atoms with E-state index in [1.807, 2.05) is 30.3 Å². The average Bonchev–Trinajstić information content (AvgIpc) is 3.69. The number of hydrogen-bond donors (Lipinski definition) is 1. The van der Waals surface area contributed by atoms with Gasteiger partial charge in [0, 0.05) is 11.5 Å². The molecule has 0 amide bonds. The molecule has 188 valence electrons. The first-order chi connectivity index (χ1) is 17.2. The number of carbonyl (C=O) groups is 1. The summed E-state index contributed by atoms with van der Waals surface area (Å²) >= 11 is 0. The number of carboxylic acids is 1. The SMILES string of the molecule is COc1ccc(F)c(-c2ccc(C3Cc4cc(C(C5CC5)[C@H](C)C(=O)O)ccc4S(=O)(=O)C3)cc2)c1. The van der Waals surface area contributed by atoms with Crippen molar-refractivity contribution in [2.45, 2.75) is 42.9 Å². The molecule has 5 rings (SSSR count). The zero-order valence-electron chi connectivity index (χ0n) is 20.3. The third-order valence-corrected chi connectivity index (χ3v) is 9.53. The van der Waals surface area contributed by atoms with E-state index in [0.717, 1.165) is 29.5 Å². The summed E-state index contributed by atoms with van der Waals surface area (Å²) < 4.78 is 46.0. The Kier molecular flexibility index (Phi) is 6.37. The maximum atomic E-state index is 14.4. The number of halogens is 1. The molecule has 2 unspecified atom stereocenters. The molecule has 1 aliphatic heterocycles. The third-order valence-electron chi connectivity index (χ3n) is 7.62. The zero-order valence-corrected chi connectivity index (χ0v) is 21.1. The topological polar surface area (TPSA) is 80.7 Å². The number of fused-ring (bicyclic) bond motifs is 1. The third kappa shape index (κ3) is 4.64. The van der Waals surface area contributed by atoms with Crippen LogP contribution < -0.4 is 4.74 Å². The van der Waals surface area contributed by atoms with Crippen LogP contribution in [0, 0.1) is 17.7 Å². The molecule has 1 heterocycles. The fourth-order valence-corrected chi connectivity index (χ4v) is 7.36. The van der Waals surface area contributed by atoms with E-state index in [4.69, 9.17) is 4.74 Å². The summed E-state index contributed by atoms with van der Waals surface area (Å²) in [6.45, 7) is 1.73. The Morgan fingerprint density at radius 3 is 2.42 bits per heavy atom. The van der Waals surface area contributed by atoms with E-state index >= 15 is 0 Å². The van der Waals surface area contributed by atoms with Crippen molar-refractivity contribution in [3.63, 3.8) is 0 Å². The molecule has 0 saturated heterocycles. The second-order valence-corrected chi connectivity index (χ2v) is 12.0. The Hall–Kier alpha value is -3.19. The number of carboxylic acid groups (broad SMARTS) is 1. The van der Waals surface area contributed by atoms with Crippen LogP contribution in [0.3, 0.4) is 0 Å². The number of methoxy groups -OCH3 is 1. The molecule has 5 nitrogen and oxygen atoms in total. The summed E-state index contributed by atoms with van der Waals surface area (Å²) in [6, 6.07) is 17.3. The molecule has 0 radical (unpaired) electrons. The minimum Gasteiger partial charge on any atom is -0.497 e. The molecule has 0 bridgehead atoms. The van der Waals surface area contributed by atoms with Gasteiger partial charge in [0.15, 0.2) is 9.84 Å². The number of benzene rings is 3. The van der Waals surface area contributed by atoms with Crippen LogP contribution in [-0.4, -0.2) is 32.4 Å². The van der Waals surface area contributed by atoms with Gasteiger partial charge in [0.1, 0.15) is 11.6 Å². The first kappa shape index (κ1) is 24.5. The molecular formula is C29H29FO5S. The maximum Gasteiger partial charge on any atom is 0.306 e. The highest BCUT2D eigenvalue weighted by atomic mass is 32.2. The molecular weight excluding hydrogens is 479 g/mol. The van der Waals surface area contributed by atoms with Crippen molar-refractivity contribution in [2.24, 2.45) is 11.8 Å². The van der Waals surface area contributed by atoms with Crippen molar-refractivity contribution >= 4 is 15.8 Å². The molecule has 0 aromatic heterocycles. The van der Waals surface area contributed by atoms with Gasteiger partial charge in [0.2, 0.25) is 0 Å². The van der Waals surface area contributed by atoms with Gasteiger partial charge in [-0.15, -0.1) is 0 Å². The number of sulfone groups is 1. The largest absolute Gasteiger partial charge is 0.497 e. The van der Waals surface area contributed by atoms with Gasteiger partial charge in [-0.1, -0.05) is 43.3 Å². The second kappa shape index (κ2) is 9.36. The van der Waals surface area contributed by atoms with Crippen molar-refractivity contribution in [3.8, 4) is 16.9 Å². The van der Waals surface area contributed by atoms with Gasteiger partial charge in [-0.3, -0.25) is 4.79 Å². The minimum absolute atomic E-state index is 0.00377. The van der Waals surface area contributed by atoms with E-state index in [1.54, 1.807) is 31.2 Å². The predicted octanol–water partition coefficient (Wildman–Crippen LogP) is 5.83. The van der Waals surface area contributed by atoms with Crippen molar-refractivity contribution in [1.29, 1.82) is 0 Å². The summed E-state index contributed by atoms with van der Waals surface area (Å²) in [4.78, 5) is 12.1. The highest BCUT2D eigenvalue weighted by Crippen LogP contribution is 2.48. The molecule has 3 aromatic rings. The summed E-state index contributed by atoms with van der Waals surface area (Å²) in [6.07, 6.45) is 2.55. The van der Waals surface area contributed by atoms with E-state index in [0.29, 0.717) is 34.1 Å². The van der Waals surface area contributed by atoms with Crippen molar-refractivity contribution in [2.75, 3.05) is 12.9 Å². The fourth-order valence-electron chi connectivity index (χ4n) is 5.53. The van der Waals surface area contributed by atoms with Gasteiger partial charge in [-0.05, 0) is 77.6 Å². The van der Waals surface area contributed by atoms with E-state index < -0.39 is 21.7 Å². The van der Waals surface area contributed by atoms with E-state index in [9.17, 15) is 22.7 Å². The van der Waals surface area contributed by atoms with Gasteiger partial charge >= 0.3 is 5.97 Å². The summed E-state index contributed by atoms with van der Waals surface area (Å²) in [5, 5.41) is 9.63. The quantitative estimate of drug-likeness (QED) is 0.434. The van der Waals surface area contributed by atoms with Crippen LogP contribution in [0.1, 0.15) is 48.3 Å². The Labute approximate surface area is 210 Å².